The molecule has 1 aliphatic rings. The van der Waals surface area contributed by atoms with E-state index in [4.69, 9.17) is 9.47 Å². The van der Waals surface area contributed by atoms with Crippen LogP contribution in [0.15, 0.2) is 23.2 Å². The highest BCUT2D eigenvalue weighted by atomic mass is 16.5. The molecule has 1 atom stereocenters. The second-order valence-corrected chi connectivity index (χ2v) is 7.51. The summed E-state index contributed by atoms with van der Waals surface area (Å²) in [6.45, 7) is 8.27. The molecule has 1 unspecified atom stereocenters. The maximum atomic E-state index is 5.97. The number of aryl methyl sites for hydroxylation is 1. The number of likely N-dealkylation sites (N-methyl/N-ethyl adjacent to an activating group) is 2. The highest BCUT2D eigenvalue weighted by molar-refractivity contribution is 5.79. The smallest absolute Gasteiger partial charge is 0.191 e. The summed E-state index contributed by atoms with van der Waals surface area (Å²) in [5.74, 6) is 1.74. The number of methoxy groups -OCH3 is 1. The molecule has 0 aliphatic carbocycles. The van der Waals surface area contributed by atoms with E-state index in [1.807, 2.05) is 7.05 Å². The summed E-state index contributed by atoms with van der Waals surface area (Å²) in [6.07, 6.45) is 0.879. The Morgan fingerprint density at radius 3 is 2.79 bits per heavy atom. The molecule has 1 aromatic rings. The summed E-state index contributed by atoms with van der Waals surface area (Å²) in [7, 11) is 7.89. The van der Waals surface area contributed by atoms with E-state index in [9.17, 15) is 0 Å². The highest BCUT2D eigenvalue weighted by Crippen LogP contribution is 2.20. The number of hydrogen-bond acceptors (Lipinski definition) is 5. The van der Waals surface area contributed by atoms with Gasteiger partial charge in [-0.3, -0.25) is 9.89 Å². The number of rotatable bonds is 9. The van der Waals surface area contributed by atoms with Gasteiger partial charge in [-0.05, 0) is 32.6 Å². The lowest BCUT2D eigenvalue weighted by atomic mass is 10.1. The molecule has 0 radical (unpaired) electrons. The molecule has 1 fully saturated rings. The van der Waals surface area contributed by atoms with Crippen LogP contribution in [0, 0.1) is 6.92 Å². The molecule has 0 spiro atoms. The Kier molecular flexibility index (Phi) is 9.54. The number of guanidine groups is 1. The van der Waals surface area contributed by atoms with Crippen molar-refractivity contribution in [3.05, 3.63) is 29.3 Å². The molecular weight excluding hydrogens is 354 g/mol. The Hall–Kier alpha value is -1.83. The van der Waals surface area contributed by atoms with Gasteiger partial charge >= 0.3 is 0 Å². The van der Waals surface area contributed by atoms with Crippen LogP contribution in [-0.2, 0) is 11.3 Å². The van der Waals surface area contributed by atoms with Crippen molar-refractivity contribution in [2.24, 2.45) is 4.99 Å². The average Bonchev–Trinajstić information content (AvgIpc) is 2.69. The molecular formula is C21H37N5O2. The number of piperazine rings is 1. The van der Waals surface area contributed by atoms with E-state index < -0.39 is 0 Å². The average molecular weight is 392 g/mol. The van der Waals surface area contributed by atoms with Gasteiger partial charge in [0.05, 0.1) is 6.61 Å². The normalized spacial score (nSPS) is 18.9. The Morgan fingerprint density at radius 1 is 1.21 bits per heavy atom. The Labute approximate surface area is 170 Å². The molecule has 0 bridgehead atoms. The molecule has 0 aromatic heterocycles. The van der Waals surface area contributed by atoms with Crippen molar-refractivity contribution in [3.8, 4) is 5.75 Å². The van der Waals surface area contributed by atoms with Gasteiger partial charge in [0.1, 0.15) is 5.75 Å². The second kappa shape index (κ2) is 11.9. The zero-order valence-electron chi connectivity index (χ0n) is 18.1. The third-order valence-electron chi connectivity index (χ3n) is 5.13. The van der Waals surface area contributed by atoms with Crippen molar-refractivity contribution in [3.63, 3.8) is 0 Å². The molecule has 7 nitrogen and oxygen atoms in total. The highest BCUT2D eigenvalue weighted by Gasteiger charge is 2.22. The van der Waals surface area contributed by atoms with Gasteiger partial charge in [-0.2, -0.15) is 0 Å². The predicted molar refractivity (Wildman–Crippen MR) is 115 cm³/mol. The van der Waals surface area contributed by atoms with Gasteiger partial charge in [0.25, 0.3) is 0 Å². The van der Waals surface area contributed by atoms with Gasteiger partial charge in [-0.25, -0.2) is 0 Å². The van der Waals surface area contributed by atoms with Crippen molar-refractivity contribution in [1.82, 2.24) is 20.4 Å². The van der Waals surface area contributed by atoms with Crippen LogP contribution >= 0.6 is 0 Å². The predicted octanol–water partition coefficient (Wildman–Crippen LogP) is 1.32. The first-order valence-corrected chi connectivity index (χ1v) is 10.1. The minimum absolute atomic E-state index is 0.483. The van der Waals surface area contributed by atoms with E-state index in [-0.39, 0.29) is 0 Å². The molecule has 2 rings (SSSR count). The van der Waals surface area contributed by atoms with Crippen LogP contribution in [0.4, 0.5) is 0 Å². The van der Waals surface area contributed by atoms with E-state index in [1.165, 1.54) is 5.56 Å². The summed E-state index contributed by atoms with van der Waals surface area (Å²) >= 11 is 0. The molecule has 158 valence electrons. The van der Waals surface area contributed by atoms with Gasteiger partial charge in [0.2, 0.25) is 0 Å². The van der Waals surface area contributed by atoms with E-state index in [2.05, 4.69) is 64.6 Å². The second-order valence-electron chi connectivity index (χ2n) is 7.51. The first-order chi connectivity index (χ1) is 13.5. The number of hydrogen-bond donors (Lipinski definition) is 2. The summed E-state index contributed by atoms with van der Waals surface area (Å²) in [6, 6.07) is 6.80. The number of nitrogens with zero attached hydrogens (tertiary/aromatic N) is 3. The van der Waals surface area contributed by atoms with Crippen LogP contribution in [0.1, 0.15) is 17.5 Å². The van der Waals surface area contributed by atoms with Gasteiger partial charge in [0.15, 0.2) is 5.96 Å². The van der Waals surface area contributed by atoms with Crippen LogP contribution in [0.25, 0.3) is 0 Å². The minimum atomic E-state index is 0.483. The lowest BCUT2D eigenvalue weighted by Crippen LogP contribution is -2.55. The van der Waals surface area contributed by atoms with Crippen LogP contribution in [0.3, 0.4) is 0 Å². The third-order valence-corrected chi connectivity index (χ3v) is 5.13. The zero-order valence-corrected chi connectivity index (χ0v) is 18.1. The molecule has 0 amide bonds. The number of aliphatic imine (C=N–C) groups is 1. The van der Waals surface area contributed by atoms with Gasteiger partial charge in [-0.15, -0.1) is 0 Å². The topological polar surface area (TPSA) is 61.4 Å². The molecule has 2 N–H and O–H groups in total. The minimum Gasteiger partial charge on any atom is -0.493 e. The van der Waals surface area contributed by atoms with Crippen molar-refractivity contribution < 1.29 is 9.47 Å². The van der Waals surface area contributed by atoms with Gasteiger partial charge in [0, 0.05) is 71.5 Å². The van der Waals surface area contributed by atoms with Crippen LogP contribution in [0.5, 0.6) is 5.75 Å². The summed E-state index contributed by atoms with van der Waals surface area (Å²) in [4.78, 5) is 9.16. The third kappa shape index (κ3) is 7.30. The van der Waals surface area contributed by atoms with Crippen molar-refractivity contribution >= 4 is 5.96 Å². The van der Waals surface area contributed by atoms with E-state index in [0.717, 1.165) is 49.9 Å². The molecule has 28 heavy (non-hydrogen) atoms. The largest absolute Gasteiger partial charge is 0.493 e. The lowest BCUT2D eigenvalue weighted by molar-refractivity contribution is 0.116. The quantitative estimate of drug-likeness (QED) is 0.376. The number of ether oxygens (including phenoxy) is 2. The molecule has 7 heteroatoms. The standard InChI is InChI=1S/C21H37N5O2/c1-17-7-8-18(20(13-17)28-12-6-11-27-5)14-23-21(22-2)24-15-19-16-25(3)9-10-26(19)4/h7-8,13,19H,6,9-12,14-16H2,1-5H3,(H2,22,23,24). The fourth-order valence-corrected chi connectivity index (χ4v) is 3.26. The molecule has 1 heterocycles. The van der Waals surface area contributed by atoms with Crippen molar-refractivity contribution in [2.45, 2.75) is 25.9 Å². The molecule has 0 saturated carbocycles. The van der Waals surface area contributed by atoms with Crippen LogP contribution < -0.4 is 15.4 Å². The number of nitrogens with one attached hydrogen (secondary N) is 2. The van der Waals surface area contributed by atoms with Gasteiger partial charge in [-0.1, -0.05) is 12.1 Å². The Morgan fingerprint density at radius 2 is 2.04 bits per heavy atom. The summed E-state index contributed by atoms with van der Waals surface area (Å²) in [5, 5.41) is 6.88. The lowest BCUT2D eigenvalue weighted by Gasteiger charge is -2.37. The van der Waals surface area contributed by atoms with Crippen LogP contribution in [-0.4, -0.2) is 89.4 Å². The van der Waals surface area contributed by atoms with Crippen LogP contribution in [0.2, 0.25) is 0 Å². The Balaban J connectivity index is 1.86. The zero-order chi connectivity index (χ0) is 20.4. The fraction of sp³-hybridized carbons (Fsp3) is 0.667. The number of benzene rings is 1. The van der Waals surface area contributed by atoms with Crippen molar-refractivity contribution in [1.29, 1.82) is 0 Å². The maximum Gasteiger partial charge on any atom is 0.191 e. The Bertz CT molecular complexity index is 623. The van der Waals surface area contributed by atoms with Crippen molar-refractivity contribution in [2.75, 3.05) is 67.6 Å². The molecule has 1 aromatic carbocycles. The van der Waals surface area contributed by atoms with Gasteiger partial charge < -0.3 is 25.0 Å². The van der Waals surface area contributed by atoms with E-state index in [1.54, 1.807) is 7.11 Å². The molecule has 1 saturated heterocycles. The summed E-state index contributed by atoms with van der Waals surface area (Å²) in [5.41, 5.74) is 2.32. The first kappa shape index (κ1) is 22.5. The maximum absolute atomic E-state index is 5.97. The molecule has 1 aliphatic heterocycles. The van der Waals surface area contributed by atoms with E-state index >= 15 is 0 Å². The van der Waals surface area contributed by atoms with E-state index in [0.29, 0.717) is 25.8 Å². The monoisotopic (exact) mass is 391 g/mol. The fourth-order valence-electron chi connectivity index (χ4n) is 3.26. The first-order valence-electron chi connectivity index (χ1n) is 10.1. The SMILES string of the molecule is CN=C(NCc1ccc(C)cc1OCCCOC)NCC1CN(C)CCN1C. The summed E-state index contributed by atoms with van der Waals surface area (Å²) < 4.78 is 11.1.